The summed E-state index contributed by atoms with van der Waals surface area (Å²) in [6.45, 7) is 2.05. The summed E-state index contributed by atoms with van der Waals surface area (Å²) in [7, 11) is 0. The number of carbonyl (C=O) groups is 1. The molecule has 0 saturated carbocycles. The maximum Gasteiger partial charge on any atom is 0.290 e. The Balaban J connectivity index is 2.00. The summed E-state index contributed by atoms with van der Waals surface area (Å²) in [6.07, 6.45) is 1.40. The van der Waals surface area contributed by atoms with Crippen molar-refractivity contribution >= 4 is 22.9 Å². The molecule has 1 aliphatic heterocycles. The molecule has 0 saturated heterocycles. The van der Waals surface area contributed by atoms with Gasteiger partial charge in [0, 0.05) is 17.0 Å². The normalized spacial score (nSPS) is 14.1. The van der Waals surface area contributed by atoms with E-state index in [-0.39, 0.29) is 5.91 Å². The molecule has 0 unspecified atom stereocenters. The van der Waals surface area contributed by atoms with E-state index in [1.807, 2.05) is 36.6 Å². The van der Waals surface area contributed by atoms with Crippen LogP contribution in [-0.2, 0) is 4.79 Å². The average molecular weight is 255 g/mol. The highest BCUT2D eigenvalue weighted by Gasteiger charge is 2.15. The lowest BCUT2D eigenvalue weighted by Crippen LogP contribution is -1.84. The number of hydrogen-bond acceptors (Lipinski definition) is 4. The summed E-state index contributed by atoms with van der Waals surface area (Å²) >= 11 is 1.47. The molecule has 18 heavy (non-hydrogen) atoms. The van der Waals surface area contributed by atoms with Gasteiger partial charge >= 0.3 is 0 Å². The van der Waals surface area contributed by atoms with Crippen molar-refractivity contribution in [2.24, 2.45) is 10.2 Å². The van der Waals surface area contributed by atoms with Crippen LogP contribution in [0.4, 0.5) is 0 Å². The summed E-state index contributed by atoms with van der Waals surface area (Å²) in [5.41, 5.74) is 3.72. The first-order valence-corrected chi connectivity index (χ1v) is 6.31. The van der Waals surface area contributed by atoms with Crippen LogP contribution < -0.4 is 0 Å². The van der Waals surface area contributed by atoms with E-state index in [4.69, 9.17) is 0 Å². The van der Waals surface area contributed by atoms with Gasteiger partial charge in [-0.3, -0.25) is 4.79 Å². The Morgan fingerprint density at radius 1 is 1.17 bits per heavy atom. The van der Waals surface area contributed by atoms with Crippen LogP contribution in [-0.4, -0.2) is 10.9 Å². The fraction of sp³-hybridized carbons (Fsp3) is 0.0769. The van der Waals surface area contributed by atoms with Gasteiger partial charge in [0.15, 0.2) is 0 Å². The zero-order valence-electron chi connectivity index (χ0n) is 9.62. The van der Waals surface area contributed by atoms with Gasteiger partial charge in [-0.05, 0) is 12.5 Å². The highest BCUT2D eigenvalue weighted by molar-refractivity contribution is 7.11. The molecule has 0 radical (unpaired) electrons. The molecule has 0 N–H and O–H groups in total. The monoisotopic (exact) mass is 255 g/mol. The summed E-state index contributed by atoms with van der Waals surface area (Å²) in [4.78, 5) is 15.5. The molecule has 0 aliphatic carbocycles. The van der Waals surface area contributed by atoms with Crippen molar-refractivity contribution in [2.75, 3.05) is 0 Å². The quantitative estimate of drug-likeness (QED) is 0.825. The van der Waals surface area contributed by atoms with E-state index in [1.54, 1.807) is 0 Å². The number of azo groups is 1. The van der Waals surface area contributed by atoms with Crippen LogP contribution in [0.1, 0.15) is 10.6 Å². The Morgan fingerprint density at radius 2 is 2.00 bits per heavy atom. The van der Waals surface area contributed by atoms with E-state index >= 15 is 0 Å². The Bertz CT molecular complexity index is 685. The molecule has 3 rings (SSSR count). The number of aromatic nitrogens is 1. The van der Waals surface area contributed by atoms with Crippen LogP contribution in [0.5, 0.6) is 0 Å². The standard InChI is InChI=1S/C13H9N3OS/c1-8-4-2-3-5-9(8)11-7-18-13(14-11)10-6-12(17)16-15-10/h2-7H,1H3. The second-order valence-corrected chi connectivity index (χ2v) is 4.78. The minimum atomic E-state index is -0.322. The molecule has 1 amide bonds. The third-order valence-electron chi connectivity index (χ3n) is 2.66. The van der Waals surface area contributed by atoms with Crippen molar-refractivity contribution < 1.29 is 4.79 Å². The van der Waals surface area contributed by atoms with Gasteiger partial charge in [-0.25, -0.2) is 4.98 Å². The second kappa shape index (κ2) is 4.27. The fourth-order valence-corrected chi connectivity index (χ4v) is 2.53. The largest absolute Gasteiger partial charge is 0.290 e. The van der Waals surface area contributed by atoms with Crippen LogP contribution >= 0.6 is 11.3 Å². The van der Waals surface area contributed by atoms with E-state index in [2.05, 4.69) is 15.2 Å². The predicted octanol–water partition coefficient (Wildman–Crippen LogP) is 3.45. The predicted molar refractivity (Wildman–Crippen MR) is 70.1 cm³/mol. The van der Waals surface area contributed by atoms with Crippen LogP contribution in [0.25, 0.3) is 17.0 Å². The number of nitrogens with zero attached hydrogens (tertiary/aromatic N) is 3. The minimum absolute atomic E-state index is 0.322. The molecule has 4 nitrogen and oxygen atoms in total. The van der Waals surface area contributed by atoms with Gasteiger partial charge in [-0.1, -0.05) is 24.3 Å². The maximum atomic E-state index is 11.0. The Morgan fingerprint density at radius 3 is 2.72 bits per heavy atom. The van der Waals surface area contributed by atoms with Gasteiger partial charge in [0.05, 0.1) is 5.69 Å². The molecular weight excluding hydrogens is 246 g/mol. The van der Waals surface area contributed by atoms with Gasteiger partial charge < -0.3 is 0 Å². The average Bonchev–Trinajstić information content (AvgIpc) is 2.98. The van der Waals surface area contributed by atoms with Crippen molar-refractivity contribution in [1.29, 1.82) is 0 Å². The van der Waals surface area contributed by atoms with Crippen molar-refractivity contribution in [2.45, 2.75) is 6.92 Å². The molecule has 0 bridgehead atoms. The summed E-state index contributed by atoms with van der Waals surface area (Å²) in [5.74, 6) is -0.322. The highest BCUT2D eigenvalue weighted by Crippen LogP contribution is 2.29. The molecule has 1 aliphatic rings. The Hall–Kier alpha value is -2.14. The van der Waals surface area contributed by atoms with Crippen molar-refractivity contribution in [3.8, 4) is 11.3 Å². The van der Waals surface area contributed by atoms with Crippen LogP contribution in [0, 0.1) is 6.92 Å². The number of thiazole rings is 1. The van der Waals surface area contributed by atoms with Crippen molar-refractivity contribution in [3.05, 3.63) is 46.3 Å². The molecule has 2 aromatic rings. The molecule has 88 valence electrons. The minimum Gasteiger partial charge on any atom is -0.266 e. The Labute approximate surface area is 108 Å². The van der Waals surface area contributed by atoms with Gasteiger partial charge in [-0.2, -0.15) is 0 Å². The van der Waals surface area contributed by atoms with E-state index in [1.165, 1.54) is 23.0 Å². The van der Waals surface area contributed by atoms with Crippen LogP contribution in [0.3, 0.4) is 0 Å². The third-order valence-corrected chi connectivity index (χ3v) is 3.53. The Kier molecular flexibility index (Phi) is 2.60. The molecule has 0 fully saturated rings. The number of carbonyl (C=O) groups excluding carboxylic acids is 1. The fourth-order valence-electron chi connectivity index (χ4n) is 1.76. The lowest BCUT2D eigenvalue weighted by Gasteiger charge is -2.00. The number of hydrogen-bond donors (Lipinski definition) is 0. The van der Waals surface area contributed by atoms with Gasteiger partial charge in [-0.15, -0.1) is 21.6 Å². The lowest BCUT2D eigenvalue weighted by atomic mass is 10.1. The van der Waals surface area contributed by atoms with E-state index < -0.39 is 0 Å². The zero-order valence-corrected chi connectivity index (χ0v) is 10.4. The smallest absolute Gasteiger partial charge is 0.266 e. The van der Waals surface area contributed by atoms with Crippen molar-refractivity contribution in [1.82, 2.24) is 4.98 Å². The van der Waals surface area contributed by atoms with E-state index in [0.717, 1.165) is 16.3 Å². The van der Waals surface area contributed by atoms with Gasteiger partial charge in [0.2, 0.25) is 0 Å². The van der Waals surface area contributed by atoms with E-state index in [9.17, 15) is 4.79 Å². The first-order valence-electron chi connectivity index (χ1n) is 5.43. The summed E-state index contributed by atoms with van der Waals surface area (Å²) < 4.78 is 0. The topological polar surface area (TPSA) is 54.7 Å². The number of aryl methyl sites for hydroxylation is 1. The molecule has 0 atom stereocenters. The van der Waals surface area contributed by atoms with Gasteiger partial charge in [0.25, 0.3) is 5.91 Å². The van der Waals surface area contributed by atoms with Crippen molar-refractivity contribution in [3.63, 3.8) is 0 Å². The first kappa shape index (κ1) is 11.0. The zero-order chi connectivity index (χ0) is 12.5. The first-order chi connectivity index (χ1) is 8.74. The molecule has 0 spiro atoms. The molecule has 5 heteroatoms. The molecular formula is C13H9N3OS. The number of rotatable bonds is 2. The number of amides is 1. The molecule has 1 aromatic heterocycles. The second-order valence-electron chi connectivity index (χ2n) is 3.92. The molecule has 2 heterocycles. The third kappa shape index (κ3) is 1.89. The van der Waals surface area contributed by atoms with Gasteiger partial charge in [0.1, 0.15) is 10.7 Å². The maximum absolute atomic E-state index is 11.0. The lowest BCUT2D eigenvalue weighted by molar-refractivity contribution is -0.113. The number of benzene rings is 1. The van der Waals surface area contributed by atoms with Crippen LogP contribution in [0.2, 0.25) is 0 Å². The van der Waals surface area contributed by atoms with Crippen LogP contribution in [0.15, 0.2) is 46.0 Å². The summed E-state index contributed by atoms with van der Waals surface area (Å²) in [6, 6.07) is 8.06. The molecule has 1 aromatic carbocycles. The SMILES string of the molecule is Cc1ccccc1-c1csc(C2=CC(=O)N=N2)n1. The summed E-state index contributed by atoms with van der Waals surface area (Å²) in [5, 5.41) is 9.95. The highest BCUT2D eigenvalue weighted by atomic mass is 32.1. The van der Waals surface area contributed by atoms with E-state index in [0.29, 0.717) is 5.70 Å².